The van der Waals surface area contributed by atoms with Gasteiger partial charge in [-0.2, -0.15) is 0 Å². The number of pyridine rings is 1. The van der Waals surface area contributed by atoms with Crippen molar-refractivity contribution in [3.05, 3.63) is 102 Å². The van der Waals surface area contributed by atoms with Gasteiger partial charge < -0.3 is 29.6 Å². The number of hydrogen-bond donors (Lipinski definition) is 2. The Kier molecular flexibility index (Phi) is 8.00. The van der Waals surface area contributed by atoms with Crippen molar-refractivity contribution in [1.82, 2.24) is 14.9 Å². The number of ether oxygens (including phenoxy) is 2. The molecule has 2 N–H and O–H groups in total. The Morgan fingerprint density at radius 3 is 2.36 bits per heavy atom. The number of thiocarbonyl (C=S) groups is 1. The lowest BCUT2D eigenvalue weighted by Crippen LogP contribution is -2.30. The van der Waals surface area contributed by atoms with E-state index in [1.807, 2.05) is 92.5 Å². The Morgan fingerprint density at radius 2 is 1.71 bits per heavy atom. The molecule has 9 nitrogen and oxygen atoms in total. The first-order chi connectivity index (χ1) is 20.1. The number of methoxy groups -OCH3 is 2. The number of nitrogens with zero attached hydrogens (tertiary/aromatic N) is 3. The van der Waals surface area contributed by atoms with Crippen molar-refractivity contribution >= 4 is 40.6 Å². The van der Waals surface area contributed by atoms with Crippen LogP contribution >= 0.6 is 12.2 Å². The van der Waals surface area contributed by atoms with Crippen molar-refractivity contribution in [2.24, 2.45) is 5.41 Å². The number of carbonyl (C=O) groups is 2. The summed E-state index contributed by atoms with van der Waals surface area (Å²) in [5, 5.41) is 6.98. The van der Waals surface area contributed by atoms with Crippen LogP contribution in [0.3, 0.4) is 0 Å². The summed E-state index contributed by atoms with van der Waals surface area (Å²) in [7, 11) is 2.94. The predicted molar refractivity (Wildman–Crippen MR) is 166 cm³/mol. The van der Waals surface area contributed by atoms with Crippen LogP contribution in [0.15, 0.2) is 85.2 Å². The molecule has 2 atom stereocenters. The van der Waals surface area contributed by atoms with E-state index in [-0.39, 0.29) is 18.0 Å². The maximum absolute atomic E-state index is 12.7. The molecule has 0 radical (unpaired) electrons. The lowest BCUT2D eigenvalue weighted by molar-refractivity contribution is -0.123. The second-order valence-corrected chi connectivity index (χ2v) is 11.3. The third-order valence-electron chi connectivity index (χ3n) is 7.14. The molecule has 5 rings (SSSR count). The minimum atomic E-state index is -0.564. The minimum Gasteiger partial charge on any atom is -0.494 e. The number of anilines is 2. The standard InChI is InChI=1S/C32H33N5O4S/c1-32(2,3)30(39)34-23-16-15-22(19-26(23)40-4)37-28(27(35-31(37)42)24-9-6-7-17-33-24)25-10-8-18-36(25)21-13-11-20(12-14-21)29(38)41-5/h6-19,27-28H,1-5H3,(H,34,39)(H,35,42). The van der Waals surface area contributed by atoms with Gasteiger partial charge in [0.2, 0.25) is 5.91 Å². The number of carbonyl (C=O) groups excluding carboxylic acids is 2. The first-order valence-corrected chi connectivity index (χ1v) is 13.9. The van der Waals surface area contributed by atoms with E-state index < -0.39 is 11.4 Å². The highest BCUT2D eigenvalue weighted by Crippen LogP contribution is 2.44. The third kappa shape index (κ3) is 5.58. The first-order valence-electron chi connectivity index (χ1n) is 13.5. The molecule has 0 spiro atoms. The largest absolute Gasteiger partial charge is 0.494 e. The molecule has 1 saturated heterocycles. The number of esters is 1. The minimum absolute atomic E-state index is 0.115. The van der Waals surface area contributed by atoms with Crippen LogP contribution in [0.5, 0.6) is 5.75 Å². The van der Waals surface area contributed by atoms with Gasteiger partial charge in [-0.1, -0.05) is 26.8 Å². The van der Waals surface area contributed by atoms with Gasteiger partial charge in [-0.05, 0) is 72.9 Å². The lowest BCUT2D eigenvalue weighted by atomic mass is 9.95. The van der Waals surface area contributed by atoms with E-state index in [0.29, 0.717) is 22.1 Å². The molecule has 4 aromatic rings. The van der Waals surface area contributed by atoms with Crippen LogP contribution < -0.4 is 20.3 Å². The zero-order chi connectivity index (χ0) is 30.0. The Labute approximate surface area is 250 Å². The molecule has 0 saturated carbocycles. The number of rotatable bonds is 7. The van der Waals surface area contributed by atoms with E-state index in [9.17, 15) is 9.59 Å². The summed E-state index contributed by atoms with van der Waals surface area (Å²) in [6.45, 7) is 5.58. The fourth-order valence-corrected chi connectivity index (χ4v) is 5.27. The average Bonchev–Trinajstić information content (AvgIpc) is 3.61. The lowest BCUT2D eigenvalue weighted by Gasteiger charge is -2.29. The molecule has 1 amide bonds. The second-order valence-electron chi connectivity index (χ2n) is 10.9. The molecule has 2 aromatic carbocycles. The molecule has 2 aromatic heterocycles. The van der Waals surface area contributed by atoms with Crippen LogP contribution in [0.2, 0.25) is 0 Å². The fraction of sp³-hybridized carbons (Fsp3) is 0.250. The van der Waals surface area contributed by atoms with Gasteiger partial charge in [-0.3, -0.25) is 9.78 Å². The average molecular weight is 584 g/mol. The topological polar surface area (TPSA) is 97.7 Å². The zero-order valence-corrected chi connectivity index (χ0v) is 24.9. The van der Waals surface area contributed by atoms with Crippen LogP contribution in [0.25, 0.3) is 5.69 Å². The summed E-state index contributed by atoms with van der Waals surface area (Å²) in [6.07, 6.45) is 3.74. The maximum atomic E-state index is 12.7. The molecule has 0 aliphatic carbocycles. The van der Waals surface area contributed by atoms with Gasteiger partial charge in [-0.25, -0.2) is 4.79 Å². The summed E-state index contributed by atoms with van der Waals surface area (Å²) in [4.78, 5) is 31.4. The van der Waals surface area contributed by atoms with E-state index in [0.717, 1.165) is 22.8 Å². The highest BCUT2D eigenvalue weighted by atomic mass is 32.1. The SMILES string of the molecule is COC(=O)c1ccc(-n2cccc2C2C(c3ccccn3)NC(=S)N2c2ccc(NC(=O)C(C)(C)C)c(OC)c2)cc1. The Bertz CT molecular complexity index is 1610. The summed E-state index contributed by atoms with van der Waals surface area (Å²) in [6, 6.07) is 22.1. The van der Waals surface area contributed by atoms with Crippen molar-refractivity contribution in [1.29, 1.82) is 0 Å². The summed E-state index contributed by atoms with van der Waals surface area (Å²) in [5.74, 6) is 0.00913. The highest BCUT2D eigenvalue weighted by Gasteiger charge is 2.42. The van der Waals surface area contributed by atoms with Crippen LogP contribution in [-0.4, -0.2) is 40.8 Å². The molecule has 0 bridgehead atoms. The molecule has 1 fully saturated rings. The summed E-state index contributed by atoms with van der Waals surface area (Å²) < 4.78 is 12.6. The summed E-state index contributed by atoms with van der Waals surface area (Å²) >= 11 is 5.92. The predicted octanol–water partition coefficient (Wildman–Crippen LogP) is 5.83. The van der Waals surface area contributed by atoms with Crippen LogP contribution in [0.1, 0.15) is 54.6 Å². The zero-order valence-electron chi connectivity index (χ0n) is 24.1. The van der Waals surface area contributed by atoms with Gasteiger partial charge in [0.1, 0.15) is 11.8 Å². The van der Waals surface area contributed by atoms with Crippen LogP contribution in [0, 0.1) is 5.41 Å². The Morgan fingerprint density at radius 1 is 0.976 bits per heavy atom. The van der Waals surface area contributed by atoms with E-state index in [4.69, 9.17) is 21.7 Å². The highest BCUT2D eigenvalue weighted by molar-refractivity contribution is 7.80. The molecule has 10 heteroatoms. The molecule has 3 heterocycles. The maximum Gasteiger partial charge on any atom is 0.337 e. The number of hydrogen-bond acceptors (Lipinski definition) is 6. The normalized spacial score (nSPS) is 16.6. The molecule has 1 aliphatic rings. The Hall–Kier alpha value is -4.70. The van der Waals surface area contributed by atoms with E-state index >= 15 is 0 Å². The smallest absolute Gasteiger partial charge is 0.337 e. The van der Waals surface area contributed by atoms with Gasteiger partial charge in [-0.15, -0.1) is 0 Å². The van der Waals surface area contributed by atoms with E-state index in [1.54, 1.807) is 25.4 Å². The molecule has 216 valence electrons. The van der Waals surface area contributed by atoms with Gasteiger partial charge in [0.05, 0.1) is 37.2 Å². The molecule has 1 aliphatic heterocycles. The Balaban J connectivity index is 1.59. The molecule has 2 unspecified atom stereocenters. The van der Waals surface area contributed by atoms with Crippen molar-refractivity contribution < 1.29 is 19.1 Å². The summed E-state index contributed by atoms with van der Waals surface area (Å²) in [5.41, 5.74) is 3.93. The molecular weight excluding hydrogens is 550 g/mol. The molecule has 42 heavy (non-hydrogen) atoms. The first kappa shape index (κ1) is 28.8. The van der Waals surface area contributed by atoms with Crippen LogP contribution in [0.4, 0.5) is 11.4 Å². The van der Waals surface area contributed by atoms with Gasteiger partial charge in [0.15, 0.2) is 5.11 Å². The van der Waals surface area contributed by atoms with Crippen molar-refractivity contribution in [3.63, 3.8) is 0 Å². The van der Waals surface area contributed by atoms with Crippen LogP contribution in [-0.2, 0) is 9.53 Å². The number of amides is 1. The van der Waals surface area contributed by atoms with E-state index in [2.05, 4.69) is 20.2 Å². The van der Waals surface area contributed by atoms with Crippen molar-refractivity contribution in [2.75, 3.05) is 24.4 Å². The number of benzene rings is 2. The van der Waals surface area contributed by atoms with Gasteiger partial charge >= 0.3 is 5.97 Å². The quantitative estimate of drug-likeness (QED) is 0.207. The van der Waals surface area contributed by atoms with E-state index in [1.165, 1.54) is 7.11 Å². The number of aromatic nitrogens is 2. The monoisotopic (exact) mass is 583 g/mol. The van der Waals surface area contributed by atoms with Gasteiger partial charge in [0.25, 0.3) is 0 Å². The number of nitrogens with one attached hydrogen (secondary N) is 2. The van der Waals surface area contributed by atoms with Gasteiger partial charge in [0, 0.05) is 40.9 Å². The van der Waals surface area contributed by atoms with Crippen molar-refractivity contribution in [3.8, 4) is 11.4 Å². The van der Waals surface area contributed by atoms with Crippen molar-refractivity contribution in [2.45, 2.75) is 32.9 Å². The second kappa shape index (κ2) is 11.7. The molecular formula is C32H33N5O4S. The fourth-order valence-electron chi connectivity index (χ4n) is 4.92. The third-order valence-corrected chi connectivity index (χ3v) is 7.46.